The summed E-state index contributed by atoms with van der Waals surface area (Å²) in [4.78, 5) is 9.42. The predicted octanol–water partition coefficient (Wildman–Crippen LogP) is 2.44. The fraction of sp³-hybridized carbons (Fsp3) is 0.250. The largest absolute Gasteiger partial charge is 0.381 e. The third-order valence-electron chi connectivity index (χ3n) is 1.73. The van der Waals surface area contributed by atoms with Crippen LogP contribution in [0.5, 0.6) is 0 Å². The molecule has 0 saturated heterocycles. The van der Waals surface area contributed by atoms with Gasteiger partial charge in [0.05, 0.1) is 5.02 Å². The van der Waals surface area contributed by atoms with Gasteiger partial charge in [0.25, 0.3) is 0 Å². The highest BCUT2D eigenvalue weighted by atomic mass is 35.5. The highest BCUT2D eigenvalue weighted by molar-refractivity contribution is 6.36. The topological polar surface area (TPSA) is 63.4 Å². The summed E-state index contributed by atoms with van der Waals surface area (Å²) in [6.07, 6.45) is -1.52. The van der Waals surface area contributed by atoms with Crippen LogP contribution in [0, 0.1) is 15.9 Å². The molecule has 1 aromatic rings. The molecule has 0 amide bonds. The summed E-state index contributed by atoms with van der Waals surface area (Å²) in [5, 5.41) is 19.2. The van der Waals surface area contributed by atoms with Crippen molar-refractivity contribution in [2.75, 3.05) is 6.54 Å². The Balaban J connectivity index is 3.12. The van der Waals surface area contributed by atoms with E-state index in [9.17, 15) is 19.6 Å². The molecule has 0 spiro atoms. The zero-order valence-corrected chi connectivity index (χ0v) is 8.80. The molecule has 7 heteroatoms. The van der Waals surface area contributed by atoms with Gasteiger partial charge in [-0.15, -0.1) is 0 Å². The summed E-state index contributed by atoms with van der Waals surface area (Å²) in [6.45, 7) is -0.775. The fourth-order valence-corrected chi connectivity index (χ4v) is 1.70. The Labute approximate surface area is 94.4 Å². The molecule has 82 valence electrons. The lowest BCUT2D eigenvalue weighted by Crippen LogP contribution is -2.13. The molecule has 0 aliphatic carbocycles. The maximum Gasteiger partial charge on any atom is 0.233 e. The van der Waals surface area contributed by atoms with Gasteiger partial charge in [0.15, 0.2) is 0 Å². The molecule has 0 heterocycles. The van der Waals surface area contributed by atoms with Gasteiger partial charge < -0.3 is 5.11 Å². The van der Waals surface area contributed by atoms with Gasteiger partial charge in [-0.1, -0.05) is 23.2 Å². The number of aliphatic hydroxyl groups excluding tert-OH is 1. The highest BCUT2D eigenvalue weighted by Gasteiger charge is 2.22. The van der Waals surface area contributed by atoms with Gasteiger partial charge in [-0.3, -0.25) is 10.1 Å². The molecule has 0 saturated carbocycles. The molecule has 1 unspecified atom stereocenters. The van der Waals surface area contributed by atoms with Crippen LogP contribution in [0.15, 0.2) is 12.1 Å². The zero-order chi connectivity index (χ0) is 11.6. The van der Waals surface area contributed by atoms with Crippen molar-refractivity contribution >= 4 is 23.2 Å². The van der Waals surface area contributed by atoms with Crippen LogP contribution < -0.4 is 0 Å². The van der Waals surface area contributed by atoms with Crippen molar-refractivity contribution in [3.8, 4) is 0 Å². The third kappa shape index (κ3) is 2.77. The maximum absolute atomic E-state index is 13.0. The third-order valence-corrected chi connectivity index (χ3v) is 2.45. The Morgan fingerprint density at radius 3 is 2.67 bits per heavy atom. The van der Waals surface area contributed by atoms with Crippen molar-refractivity contribution in [1.29, 1.82) is 0 Å². The van der Waals surface area contributed by atoms with E-state index in [0.717, 1.165) is 6.07 Å². The molecule has 1 rings (SSSR count). The first-order valence-corrected chi connectivity index (χ1v) is 4.62. The molecule has 0 radical (unpaired) electrons. The first-order chi connectivity index (χ1) is 6.93. The van der Waals surface area contributed by atoms with Crippen LogP contribution in [-0.4, -0.2) is 16.6 Å². The summed E-state index contributed by atoms with van der Waals surface area (Å²) in [7, 11) is 0. The number of hydrogen-bond acceptors (Lipinski definition) is 3. The molecule has 1 atom stereocenters. The van der Waals surface area contributed by atoms with Crippen LogP contribution in [0.3, 0.4) is 0 Å². The van der Waals surface area contributed by atoms with Crippen LogP contribution in [0.1, 0.15) is 11.7 Å². The maximum atomic E-state index is 13.0. The van der Waals surface area contributed by atoms with E-state index in [2.05, 4.69) is 0 Å². The Morgan fingerprint density at radius 2 is 2.13 bits per heavy atom. The monoisotopic (exact) mass is 253 g/mol. The van der Waals surface area contributed by atoms with E-state index in [1.165, 1.54) is 6.07 Å². The normalized spacial score (nSPS) is 12.5. The van der Waals surface area contributed by atoms with Crippen molar-refractivity contribution in [2.24, 2.45) is 0 Å². The molecule has 0 bridgehead atoms. The van der Waals surface area contributed by atoms with E-state index in [4.69, 9.17) is 23.2 Å². The first kappa shape index (κ1) is 12.2. The van der Waals surface area contributed by atoms with Crippen molar-refractivity contribution in [1.82, 2.24) is 0 Å². The Morgan fingerprint density at radius 1 is 1.53 bits per heavy atom. The number of rotatable bonds is 3. The van der Waals surface area contributed by atoms with Crippen molar-refractivity contribution in [3.05, 3.63) is 43.7 Å². The fourth-order valence-electron chi connectivity index (χ4n) is 1.08. The highest BCUT2D eigenvalue weighted by Crippen LogP contribution is 2.32. The molecule has 4 nitrogen and oxygen atoms in total. The number of hydrogen-bond donors (Lipinski definition) is 1. The van der Waals surface area contributed by atoms with Gasteiger partial charge in [0.2, 0.25) is 6.54 Å². The van der Waals surface area contributed by atoms with Crippen LogP contribution >= 0.6 is 23.2 Å². The van der Waals surface area contributed by atoms with Crippen molar-refractivity contribution in [2.45, 2.75) is 6.10 Å². The van der Waals surface area contributed by atoms with E-state index >= 15 is 0 Å². The molecule has 0 aromatic heterocycles. The lowest BCUT2D eigenvalue weighted by atomic mass is 10.1. The van der Waals surface area contributed by atoms with Crippen LogP contribution in [-0.2, 0) is 0 Å². The average molecular weight is 254 g/mol. The van der Waals surface area contributed by atoms with Gasteiger partial charge in [-0.2, -0.15) is 0 Å². The molecule has 0 aliphatic rings. The number of aliphatic hydroxyl groups is 1. The SMILES string of the molecule is O=[N+]([O-])CC(O)c1c(Cl)ccc(F)c1Cl. The lowest BCUT2D eigenvalue weighted by Gasteiger charge is -2.10. The quantitative estimate of drug-likeness (QED) is 0.511. The first-order valence-electron chi connectivity index (χ1n) is 3.86. The number of halogens is 3. The summed E-state index contributed by atoms with van der Waals surface area (Å²) in [5.74, 6) is -0.779. The van der Waals surface area contributed by atoms with Gasteiger partial charge in [-0.25, -0.2) is 4.39 Å². The van der Waals surface area contributed by atoms with Crippen molar-refractivity contribution in [3.63, 3.8) is 0 Å². The summed E-state index contributed by atoms with van der Waals surface area (Å²) < 4.78 is 13.0. The summed E-state index contributed by atoms with van der Waals surface area (Å²) in [5.41, 5.74) is -0.157. The molecule has 0 aliphatic heterocycles. The Bertz CT molecular complexity index is 400. The Hall–Kier alpha value is -0.910. The minimum Gasteiger partial charge on any atom is -0.381 e. The van der Waals surface area contributed by atoms with E-state index < -0.39 is 28.4 Å². The van der Waals surface area contributed by atoms with Crippen LogP contribution in [0.4, 0.5) is 4.39 Å². The summed E-state index contributed by atoms with van der Waals surface area (Å²) >= 11 is 11.2. The van der Waals surface area contributed by atoms with Crippen molar-refractivity contribution < 1.29 is 14.4 Å². The van der Waals surface area contributed by atoms with Crippen LogP contribution in [0.25, 0.3) is 0 Å². The molecule has 1 aromatic carbocycles. The second-order valence-electron chi connectivity index (χ2n) is 2.79. The zero-order valence-electron chi connectivity index (χ0n) is 7.28. The lowest BCUT2D eigenvalue weighted by molar-refractivity contribution is -0.491. The van der Waals surface area contributed by atoms with E-state index in [1.54, 1.807) is 0 Å². The molecule has 1 N–H and O–H groups in total. The van der Waals surface area contributed by atoms with E-state index in [-0.39, 0.29) is 10.6 Å². The van der Waals surface area contributed by atoms with E-state index in [1.807, 2.05) is 0 Å². The van der Waals surface area contributed by atoms with E-state index in [0.29, 0.717) is 0 Å². The number of nitro groups is 1. The molecular formula is C8H6Cl2FNO3. The predicted molar refractivity (Wildman–Crippen MR) is 53.2 cm³/mol. The second kappa shape index (κ2) is 4.74. The summed E-state index contributed by atoms with van der Waals surface area (Å²) in [6, 6.07) is 2.20. The van der Waals surface area contributed by atoms with Gasteiger partial charge in [-0.05, 0) is 12.1 Å². The Kier molecular flexibility index (Phi) is 3.84. The standard InChI is InChI=1S/C8H6Cl2FNO3/c9-4-1-2-5(11)8(10)7(4)6(13)3-12(14)15/h1-2,6,13H,3H2. The molecule has 15 heavy (non-hydrogen) atoms. The van der Waals surface area contributed by atoms with Gasteiger partial charge in [0.1, 0.15) is 11.9 Å². The molecule has 0 fully saturated rings. The van der Waals surface area contributed by atoms with Gasteiger partial charge in [0, 0.05) is 15.5 Å². The average Bonchev–Trinajstić information content (AvgIpc) is 2.11. The second-order valence-corrected chi connectivity index (χ2v) is 3.57. The van der Waals surface area contributed by atoms with Crippen LogP contribution in [0.2, 0.25) is 10.0 Å². The molecular weight excluding hydrogens is 248 g/mol. The smallest absolute Gasteiger partial charge is 0.233 e. The minimum absolute atomic E-state index is 0.00394. The minimum atomic E-state index is -1.52. The van der Waals surface area contributed by atoms with Gasteiger partial charge >= 0.3 is 0 Å². The number of nitrogens with zero attached hydrogens (tertiary/aromatic N) is 1. The number of benzene rings is 1.